The van der Waals surface area contributed by atoms with Crippen LogP contribution < -0.4 is 10.2 Å². The van der Waals surface area contributed by atoms with Gasteiger partial charge in [0.1, 0.15) is 11.6 Å². The summed E-state index contributed by atoms with van der Waals surface area (Å²) in [6.07, 6.45) is 4.45. The van der Waals surface area contributed by atoms with E-state index in [1.165, 1.54) is 41.1 Å². The van der Waals surface area contributed by atoms with Gasteiger partial charge in [0.25, 0.3) is 0 Å². The first-order valence-electron chi connectivity index (χ1n) is 9.47. The van der Waals surface area contributed by atoms with Crippen LogP contribution in [0.5, 0.6) is 0 Å². The van der Waals surface area contributed by atoms with Gasteiger partial charge in [-0.1, -0.05) is 32.9 Å². The van der Waals surface area contributed by atoms with Gasteiger partial charge in [0.2, 0.25) is 0 Å². The van der Waals surface area contributed by atoms with Gasteiger partial charge in [0.05, 0.1) is 0 Å². The van der Waals surface area contributed by atoms with Crippen LogP contribution in [-0.2, 0) is 6.42 Å². The van der Waals surface area contributed by atoms with Gasteiger partial charge in [-0.15, -0.1) is 0 Å². The van der Waals surface area contributed by atoms with Crippen molar-refractivity contribution < 1.29 is 8.78 Å². The second-order valence-electron chi connectivity index (χ2n) is 6.71. The fraction of sp³-hybridized carbons (Fsp3) is 0.391. The smallest absolute Gasteiger partial charge is 0.129 e. The minimum absolute atomic E-state index is 0.438. The molecule has 1 N–H and O–H groups in total. The minimum atomic E-state index is -0.512. The lowest BCUT2D eigenvalue weighted by Crippen LogP contribution is -2.18. The minimum Gasteiger partial charge on any atom is -0.375 e. The lowest BCUT2D eigenvalue weighted by Gasteiger charge is -2.21. The van der Waals surface area contributed by atoms with Crippen LogP contribution in [0, 0.1) is 25.5 Å². The number of nitrogens with zero attached hydrogens (tertiary/aromatic N) is 1. The Labute approximate surface area is 162 Å². The average molecular weight is 375 g/mol. The van der Waals surface area contributed by atoms with Crippen molar-refractivity contribution in [2.75, 3.05) is 23.8 Å². The second-order valence-corrected chi connectivity index (χ2v) is 6.71. The number of rotatable bonds is 7. The number of anilines is 2. The third-order valence-electron chi connectivity index (χ3n) is 4.30. The fourth-order valence-corrected chi connectivity index (χ4v) is 2.95. The van der Waals surface area contributed by atoms with Gasteiger partial charge in [0.15, 0.2) is 0 Å². The largest absolute Gasteiger partial charge is 0.375 e. The lowest BCUT2D eigenvalue weighted by atomic mass is 10.1. The van der Waals surface area contributed by atoms with Crippen molar-refractivity contribution in [3.63, 3.8) is 0 Å². The molecule has 0 fully saturated rings. The summed E-state index contributed by atoms with van der Waals surface area (Å²) in [6.45, 7) is 13.2. The molecule has 0 saturated heterocycles. The molecule has 0 amide bonds. The Morgan fingerprint density at radius 3 is 2.15 bits per heavy atom. The van der Waals surface area contributed by atoms with E-state index in [1.54, 1.807) is 6.20 Å². The molecule has 0 aliphatic rings. The second kappa shape index (κ2) is 11.4. The van der Waals surface area contributed by atoms with Crippen LogP contribution in [0.3, 0.4) is 0 Å². The third-order valence-corrected chi connectivity index (χ3v) is 4.30. The van der Waals surface area contributed by atoms with E-state index in [1.807, 2.05) is 6.92 Å². The lowest BCUT2D eigenvalue weighted by molar-refractivity contribution is 0.570. The Kier molecular flexibility index (Phi) is 9.55. The van der Waals surface area contributed by atoms with Crippen LogP contribution in [0.4, 0.5) is 20.2 Å². The molecule has 27 heavy (non-hydrogen) atoms. The Bertz CT molecular complexity index is 718. The first kappa shape index (κ1) is 22.7. The molecule has 0 heterocycles. The number of hydrogen-bond acceptors (Lipinski definition) is 2. The SMILES string of the molecule is C=CNc1c(C)cc(N(C)CCC)cc1C.CCCc1ccc(F)cc1F. The van der Waals surface area contributed by atoms with Gasteiger partial charge >= 0.3 is 0 Å². The van der Waals surface area contributed by atoms with Crippen LogP contribution in [0.25, 0.3) is 0 Å². The number of benzene rings is 2. The Morgan fingerprint density at radius 1 is 1.04 bits per heavy atom. The van der Waals surface area contributed by atoms with Crippen LogP contribution in [0.1, 0.15) is 43.4 Å². The maximum atomic E-state index is 12.8. The molecule has 0 saturated carbocycles. The Morgan fingerprint density at radius 2 is 1.67 bits per heavy atom. The van der Waals surface area contributed by atoms with Crippen molar-refractivity contribution in [2.45, 2.75) is 47.0 Å². The maximum Gasteiger partial charge on any atom is 0.129 e. The van der Waals surface area contributed by atoms with E-state index in [2.05, 4.69) is 56.7 Å². The molecule has 0 spiro atoms. The number of hydrogen-bond donors (Lipinski definition) is 1. The van der Waals surface area contributed by atoms with Gasteiger partial charge in [-0.25, -0.2) is 8.78 Å². The topological polar surface area (TPSA) is 15.3 Å². The highest BCUT2D eigenvalue weighted by molar-refractivity contribution is 5.65. The van der Waals surface area contributed by atoms with E-state index >= 15 is 0 Å². The van der Waals surface area contributed by atoms with Crippen molar-refractivity contribution in [2.24, 2.45) is 0 Å². The third kappa shape index (κ3) is 7.05. The number of halogens is 2. The zero-order chi connectivity index (χ0) is 20.4. The predicted molar refractivity (Wildman–Crippen MR) is 114 cm³/mol. The van der Waals surface area contributed by atoms with E-state index in [9.17, 15) is 8.78 Å². The molecule has 0 aliphatic carbocycles. The summed E-state index contributed by atoms with van der Waals surface area (Å²) in [4.78, 5) is 2.29. The monoisotopic (exact) mass is 374 g/mol. The van der Waals surface area contributed by atoms with E-state index in [0.29, 0.717) is 12.0 Å². The van der Waals surface area contributed by atoms with Gasteiger partial charge in [0, 0.05) is 31.0 Å². The Balaban J connectivity index is 0.000000289. The molecule has 0 radical (unpaired) electrons. The molecular weight excluding hydrogens is 342 g/mol. The molecular formula is C23H32F2N2. The molecule has 2 rings (SSSR count). The van der Waals surface area contributed by atoms with Crippen molar-refractivity contribution in [3.8, 4) is 0 Å². The highest BCUT2D eigenvalue weighted by Gasteiger charge is 2.06. The van der Waals surface area contributed by atoms with Gasteiger partial charge in [-0.3, -0.25) is 0 Å². The summed E-state index contributed by atoms with van der Waals surface area (Å²) in [7, 11) is 2.14. The Hall–Kier alpha value is -2.36. The summed E-state index contributed by atoms with van der Waals surface area (Å²) in [5.74, 6) is -0.950. The van der Waals surface area contributed by atoms with E-state index in [4.69, 9.17) is 0 Å². The van der Waals surface area contributed by atoms with Crippen molar-refractivity contribution >= 4 is 11.4 Å². The summed E-state index contributed by atoms with van der Waals surface area (Å²) < 4.78 is 25.1. The molecule has 0 atom stereocenters. The van der Waals surface area contributed by atoms with Crippen LogP contribution in [0.15, 0.2) is 43.1 Å². The average Bonchev–Trinajstić information content (AvgIpc) is 2.61. The molecule has 2 aromatic rings. The van der Waals surface area contributed by atoms with Crippen molar-refractivity contribution in [3.05, 3.63) is 71.4 Å². The van der Waals surface area contributed by atoms with E-state index in [0.717, 1.165) is 19.0 Å². The zero-order valence-corrected chi connectivity index (χ0v) is 17.2. The molecule has 2 nitrogen and oxygen atoms in total. The number of nitrogens with one attached hydrogen (secondary N) is 1. The molecule has 0 unspecified atom stereocenters. The quantitative estimate of drug-likeness (QED) is 0.586. The van der Waals surface area contributed by atoms with Crippen molar-refractivity contribution in [1.29, 1.82) is 0 Å². The zero-order valence-electron chi connectivity index (χ0n) is 17.2. The maximum absolute atomic E-state index is 12.8. The summed E-state index contributed by atoms with van der Waals surface area (Å²) in [5.41, 5.74) is 5.57. The highest BCUT2D eigenvalue weighted by Crippen LogP contribution is 2.26. The van der Waals surface area contributed by atoms with Crippen LogP contribution in [0.2, 0.25) is 0 Å². The number of aryl methyl sites for hydroxylation is 3. The molecule has 0 aliphatic heterocycles. The molecule has 4 heteroatoms. The standard InChI is InChI=1S/C14H22N2.C9H10F2/c1-6-8-16(5)13-9-11(3)14(15-7-2)12(4)10-13;1-2-3-7-4-5-8(10)6-9(7)11/h7,9-10,15H,2,6,8H2,1,3-5H3;4-6H,2-3H2,1H3. The normalized spacial score (nSPS) is 10.0. The summed E-state index contributed by atoms with van der Waals surface area (Å²) >= 11 is 0. The fourth-order valence-electron chi connectivity index (χ4n) is 2.95. The van der Waals surface area contributed by atoms with Crippen LogP contribution in [-0.4, -0.2) is 13.6 Å². The summed E-state index contributed by atoms with van der Waals surface area (Å²) in [5, 5.41) is 3.19. The summed E-state index contributed by atoms with van der Waals surface area (Å²) in [6, 6.07) is 8.14. The van der Waals surface area contributed by atoms with E-state index < -0.39 is 11.6 Å². The van der Waals surface area contributed by atoms with Crippen molar-refractivity contribution in [1.82, 2.24) is 0 Å². The predicted octanol–water partition coefficient (Wildman–Crippen LogP) is 6.62. The molecule has 0 bridgehead atoms. The van der Waals surface area contributed by atoms with Gasteiger partial charge in [-0.2, -0.15) is 0 Å². The molecule has 0 aromatic heterocycles. The highest BCUT2D eigenvalue weighted by atomic mass is 19.1. The first-order valence-corrected chi connectivity index (χ1v) is 9.47. The van der Waals surface area contributed by atoms with E-state index in [-0.39, 0.29) is 0 Å². The molecule has 2 aromatic carbocycles. The first-order chi connectivity index (χ1) is 12.8. The van der Waals surface area contributed by atoms with Gasteiger partial charge < -0.3 is 10.2 Å². The van der Waals surface area contributed by atoms with Crippen LogP contribution >= 0.6 is 0 Å². The molecule has 148 valence electrons. The van der Waals surface area contributed by atoms with Gasteiger partial charge in [-0.05, 0) is 67.8 Å².